The van der Waals surface area contributed by atoms with Crippen LogP contribution in [0.5, 0.6) is 0 Å². The molecule has 3 atom stereocenters. The second kappa shape index (κ2) is 5.83. The van der Waals surface area contributed by atoms with Crippen LogP contribution in [0.3, 0.4) is 0 Å². The molecular formula is C12H25NO2. The minimum atomic E-state index is -0.292. The maximum atomic E-state index is 9.85. The van der Waals surface area contributed by atoms with E-state index >= 15 is 0 Å². The quantitative estimate of drug-likeness (QED) is 0.703. The molecule has 90 valence electrons. The maximum absolute atomic E-state index is 9.85. The number of nitrogens with two attached hydrogens (primary N) is 1. The minimum absolute atomic E-state index is 0.00178. The predicted molar refractivity (Wildman–Crippen MR) is 61.7 cm³/mol. The normalized spacial score (nSPS) is 32.0. The lowest BCUT2D eigenvalue weighted by atomic mass is 10.0. The van der Waals surface area contributed by atoms with Gasteiger partial charge in [-0.15, -0.1) is 0 Å². The van der Waals surface area contributed by atoms with Crippen molar-refractivity contribution in [2.24, 2.45) is 5.73 Å². The molecule has 0 amide bonds. The zero-order valence-electron chi connectivity index (χ0n) is 10.0. The third kappa shape index (κ3) is 4.49. The van der Waals surface area contributed by atoms with Crippen LogP contribution in [-0.4, -0.2) is 29.5 Å². The molecule has 0 radical (unpaired) electrons. The van der Waals surface area contributed by atoms with Crippen molar-refractivity contribution in [2.75, 3.05) is 6.61 Å². The Bertz CT molecular complexity index is 182. The highest BCUT2D eigenvalue weighted by Crippen LogP contribution is 2.21. The monoisotopic (exact) mass is 215 g/mol. The molecule has 1 aliphatic carbocycles. The van der Waals surface area contributed by atoms with Gasteiger partial charge in [0.1, 0.15) is 0 Å². The molecule has 3 N–H and O–H groups in total. The number of hydrogen-bond acceptors (Lipinski definition) is 3. The van der Waals surface area contributed by atoms with Crippen molar-refractivity contribution in [2.45, 2.75) is 70.1 Å². The summed E-state index contributed by atoms with van der Waals surface area (Å²) in [6, 6.07) is 0. The summed E-state index contributed by atoms with van der Waals surface area (Å²) in [7, 11) is 0. The zero-order chi connectivity index (χ0) is 11.3. The average molecular weight is 215 g/mol. The molecule has 0 bridgehead atoms. The van der Waals surface area contributed by atoms with E-state index in [1.165, 1.54) is 6.42 Å². The van der Waals surface area contributed by atoms with Crippen LogP contribution in [-0.2, 0) is 4.74 Å². The molecule has 0 saturated heterocycles. The Morgan fingerprint density at radius 1 is 1.33 bits per heavy atom. The molecule has 3 nitrogen and oxygen atoms in total. The van der Waals surface area contributed by atoms with Crippen LogP contribution in [0, 0.1) is 0 Å². The van der Waals surface area contributed by atoms with Crippen molar-refractivity contribution in [3.63, 3.8) is 0 Å². The molecule has 3 unspecified atom stereocenters. The number of aliphatic hydroxyl groups excluding tert-OH is 1. The molecule has 1 aliphatic rings. The van der Waals surface area contributed by atoms with E-state index in [-0.39, 0.29) is 17.7 Å². The number of hydrogen-bond donors (Lipinski definition) is 2. The van der Waals surface area contributed by atoms with Crippen molar-refractivity contribution < 1.29 is 9.84 Å². The molecule has 0 aromatic rings. The summed E-state index contributed by atoms with van der Waals surface area (Å²) in [6.07, 6.45) is 5.95. The summed E-state index contributed by atoms with van der Waals surface area (Å²) in [5.74, 6) is 0. The van der Waals surface area contributed by atoms with Gasteiger partial charge in [0.2, 0.25) is 0 Å². The Morgan fingerprint density at radius 3 is 2.67 bits per heavy atom. The van der Waals surface area contributed by atoms with Gasteiger partial charge in [-0.2, -0.15) is 0 Å². The lowest BCUT2D eigenvalue weighted by molar-refractivity contribution is -0.0548. The van der Waals surface area contributed by atoms with E-state index in [0.717, 1.165) is 32.1 Å². The Labute approximate surface area is 93.0 Å². The number of aliphatic hydroxyl groups is 1. The second-order valence-electron chi connectivity index (χ2n) is 5.06. The summed E-state index contributed by atoms with van der Waals surface area (Å²) in [5.41, 5.74) is 5.75. The first-order chi connectivity index (χ1) is 7.05. The van der Waals surface area contributed by atoms with Gasteiger partial charge in [0.15, 0.2) is 0 Å². The van der Waals surface area contributed by atoms with Crippen LogP contribution in [0.15, 0.2) is 0 Å². The first-order valence-electron chi connectivity index (χ1n) is 6.14. The van der Waals surface area contributed by atoms with E-state index in [4.69, 9.17) is 10.5 Å². The summed E-state index contributed by atoms with van der Waals surface area (Å²) in [6.45, 7) is 4.61. The molecule has 1 rings (SSSR count). The van der Waals surface area contributed by atoms with E-state index in [1.54, 1.807) is 0 Å². The topological polar surface area (TPSA) is 55.5 Å². The van der Waals surface area contributed by atoms with Crippen LogP contribution < -0.4 is 5.73 Å². The Hall–Kier alpha value is -0.120. The molecular weight excluding hydrogens is 190 g/mol. The van der Waals surface area contributed by atoms with E-state index < -0.39 is 0 Å². The van der Waals surface area contributed by atoms with Crippen LogP contribution in [0.1, 0.15) is 52.4 Å². The van der Waals surface area contributed by atoms with E-state index in [1.807, 2.05) is 6.92 Å². The molecule has 0 heterocycles. The lowest BCUT2D eigenvalue weighted by Gasteiger charge is -2.28. The summed E-state index contributed by atoms with van der Waals surface area (Å²) >= 11 is 0. The Kier molecular flexibility index (Phi) is 5.03. The third-order valence-electron chi connectivity index (χ3n) is 3.35. The van der Waals surface area contributed by atoms with Gasteiger partial charge in [-0.3, -0.25) is 0 Å². The van der Waals surface area contributed by atoms with Crippen LogP contribution in [0.4, 0.5) is 0 Å². The van der Waals surface area contributed by atoms with Crippen molar-refractivity contribution in [3.8, 4) is 0 Å². The van der Waals surface area contributed by atoms with Crippen molar-refractivity contribution in [1.29, 1.82) is 0 Å². The fraction of sp³-hybridized carbons (Fsp3) is 1.00. The molecule has 0 aromatic heterocycles. The number of ether oxygens (including phenoxy) is 1. The van der Waals surface area contributed by atoms with Crippen LogP contribution >= 0.6 is 0 Å². The predicted octanol–water partition coefficient (Wildman–Crippen LogP) is 1.82. The van der Waals surface area contributed by atoms with Gasteiger partial charge >= 0.3 is 0 Å². The first kappa shape index (κ1) is 12.9. The Morgan fingerprint density at radius 2 is 2.00 bits per heavy atom. The number of rotatable bonds is 4. The van der Waals surface area contributed by atoms with Crippen molar-refractivity contribution in [1.82, 2.24) is 0 Å². The van der Waals surface area contributed by atoms with Gasteiger partial charge in [0.25, 0.3) is 0 Å². The first-order valence-corrected chi connectivity index (χ1v) is 6.14. The van der Waals surface area contributed by atoms with E-state index in [0.29, 0.717) is 6.61 Å². The van der Waals surface area contributed by atoms with E-state index in [9.17, 15) is 5.11 Å². The van der Waals surface area contributed by atoms with Gasteiger partial charge in [-0.05, 0) is 26.2 Å². The zero-order valence-corrected chi connectivity index (χ0v) is 10.0. The third-order valence-corrected chi connectivity index (χ3v) is 3.35. The minimum Gasteiger partial charge on any atom is -0.390 e. The highest BCUT2D eigenvalue weighted by molar-refractivity contribution is 4.79. The van der Waals surface area contributed by atoms with Crippen LogP contribution in [0.2, 0.25) is 0 Å². The Balaban J connectivity index is 2.35. The fourth-order valence-corrected chi connectivity index (χ4v) is 1.85. The van der Waals surface area contributed by atoms with Crippen LogP contribution in [0.25, 0.3) is 0 Å². The standard InChI is InChI=1S/C12H25NO2/c1-3-12(2,13)9-15-11-8-6-4-5-7-10(11)14/h10-11,14H,3-9,13H2,1-2H3. The van der Waals surface area contributed by atoms with Gasteiger partial charge in [-0.25, -0.2) is 0 Å². The highest BCUT2D eigenvalue weighted by atomic mass is 16.5. The van der Waals surface area contributed by atoms with E-state index in [2.05, 4.69) is 6.92 Å². The lowest BCUT2D eigenvalue weighted by Crippen LogP contribution is -2.43. The van der Waals surface area contributed by atoms with Gasteiger partial charge < -0.3 is 15.6 Å². The molecule has 3 heteroatoms. The summed E-state index contributed by atoms with van der Waals surface area (Å²) in [4.78, 5) is 0. The van der Waals surface area contributed by atoms with Crippen molar-refractivity contribution >= 4 is 0 Å². The molecule has 15 heavy (non-hydrogen) atoms. The molecule has 0 aromatic carbocycles. The molecule has 1 fully saturated rings. The molecule has 0 spiro atoms. The van der Waals surface area contributed by atoms with Gasteiger partial charge in [0, 0.05) is 5.54 Å². The molecule has 0 aliphatic heterocycles. The largest absolute Gasteiger partial charge is 0.390 e. The highest BCUT2D eigenvalue weighted by Gasteiger charge is 2.25. The fourth-order valence-electron chi connectivity index (χ4n) is 1.85. The average Bonchev–Trinajstić information content (AvgIpc) is 2.40. The SMILES string of the molecule is CCC(C)(N)COC1CCCCCC1O. The second-order valence-corrected chi connectivity index (χ2v) is 5.06. The smallest absolute Gasteiger partial charge is 0.0834 e. The van der Waals surface area contributed by atoms with Gasteiger partial charge in [-0.1, -0.05) is 26.2 Å². The molecule has 1 saturated carbocycles. The maximum Gasteiger partial charge on any atom is 0.0834 e. The van der Waals surface area contributed by atoms with Gasteiger partial charge in [0.05, 0.1) is 18.8 Å². The summed E-state index contributed by atoms with van der Waals surface area (Å²) < 4.78 is 5.76. The van der Waals surface area contributed by atoms with Crippen molar-refractivity contribution in [3.05, 3.63) is 0 Å². The summed E-state index contributed by atoms with van der Waals surface area (Å²) in [5, 5.41) is 9.85.